The van der Waals surface area contributed by atoms with E-state index in [1.54, 1.807) is 19.2 Å². The molecule has 1 aromatic carbocycles. The molecule has 4 heteroatoms. The van der Waals surface area contributed by atoms with Crippen molar-refractivity contribution in [1.29, 1.82) is 0 Å². The highest BCUT2D eigenvalue weighted by atomic mass is 79.9. The summed E-state index contributed by atoms with van der Waals surface area (Å²) < 4.78 is 5.88. The second kappa shape index (κ2) is 4.45. The normalized spacial score (nSPS) is 14.7. The number of carbonyl (C=O) groups is 1. The molecule has 1 aliphatic carbocycles. The Morgan fingerprint density at radius 2 is 2.19 bits per heavy atom. The molecule has 0 saturated heterocycles. The smallest absolute Gasteiger partial charge is 0.254 e. The van der Waals surface area contributed by atoms with E-state index in [0.29, 0.717) is 11.6 Å². The van der Waals surface area contributed by atoms with Gasteiger partial charge in [0.25, 0.3) is 5.91 Å². The van der Waals surface area contributed by atoms with Crippen molar-refractivity contribution < 1.29 is 9.53 Å². The van der Waals surface area contributed by atoms with Crippen LogP contribution in [0.1, 0.15) is 23.2 Å². The fourth-order valence-electron chi connectivity index (χ4n) is 1.61. The van der Waals surface area contributed by atoms with Crippen LogP contribution >= 0.6 is 15.9 Å². The molecule has 3 nitrogen and oxygen atoms in total. The van der Waals surface area contributed by atoms with Crippen molar-refractivity contribution in [2.24, 2.45) is 0 Å². The molecule has 0 aromatic heterocycles. The topological polar surface area (TPSA) is 29.5 Å². The molecule has 0 bridgehead atoms. The van der Waals surface area contributed by atoms with Crippen LogP contribution in [0, 0.1) is 0 Å². The molecule has 1 saturated carbocycles. The van der Waals surface area contributed by atoms with E-state index in [9.17, 15) is 4.79 Å². The molecule has 0 atom stereocenters. The zero-order valence-electron chi connectivity index (χ0n) is 9.37. The third-order valence-electron chi connectivity index (χ3n) is 2.82. The Labute approximate surface area is 104 Å². The SMILES string of the molecule is COc1ccc(C(=O)N(C)C2CC2)c(Br)c1. The summed E-state index contributed by atoms with van der Waals surface area (Å²) in [5, 5.41) is 0. The highest BCUT2D eigenvalue weighted by Crippen LogP contribution is 2.29. The Bertz CT molecular complexity index is 415. The lowest BCUT2D eigenvalue weighted by Crippen LogP contribution is -2.28. The number of nitrogens with zero attached hydrogens (tertiary/aromatic N) is 1. The molecular weight excluding hydrogens is 270 g/mol. The van der Waals surface area contributed by atoms with Crippen molar-refractivity contribution in [3.05, 3.63) is 28.2 Å². The molecule has 0 heterocycles. The fraction of sp³-hybridized carbons (Fsp3) is 0.417. The molecular formula is C12H14BrNO2. The quantitative estimate of drug-likeness (QED) is 0.854. The Hall–Kier alpha value is -1.03. The monoisotopic (exact) mass is 283 g/mol. The number of rotatable bonds is 3. The lowest BCUT2D eigenvalue weighted by atomic mass is 10.2. The number of carbonyl (C=O) groups excluding carboxylic acids is 1. The van der Waals surface area contributed by atoms with Crippen LogP contribution in [-0.4, -0.2) is 31.0 Å². The van der Waals surface area contributed by atoms with Crippen LogP contribution < -0.4 is 4.74 Å². The molecule has 1 amide bonds. The standard InChI is InChI=1S/C12H14BrNO2/c1-14(8-3-4-8)12(15)10-6-5-9(16-2)7-11(10)13/h5-8H,3-4H2,1-2H3. The maximum absolute atomic E-state index is 12.1. The summed E-state index contributed by atoms with van der Waals surface area (Å²) in [6.45, 7) is 0. The average Bonchev–Trinajstić information content (AvgIpc) is 3.10. The lowest BCUT2D eigenvalue weighted by Gasteiger charge is -2.17. The predicted molar refractivity (Wildman–Crippen MR) is 65.8 cm³/mol. The van der Waals surface area contributed by atoms with Crippen LogP contribution in [0.4, 0.5) is 0 Å². The first-order valence-corrected chi connectivity index (χ1v) is 6.03. The van der Waals surface area contributed by atoms with Gasteiger partial charge in [-0.05, 0) is 47.0 Å². The van der Waals surface area contributed by atoms with E-state index in [2.05, 4.69) is 15.9 Å². The molecule has 0 unspecified atom stereocenters. The summed E-state index contributed by atoms with van der Waals surface area (Å²) in [5.74, 6) is 0.814. The second-order valence-electron chi connectivity index (χ2n) is 3.99. The first kappa shape index (κ1) is 11.5. The number of methoxy groups -OCH3 is 1. The van der Waals surface area contributed by atoms with Gasteiger partial charge in [-0.25, -0.2) is 0 Å². The van der Waals surface area contributed by atoms with Crippen molar-refractivity contribution in [1.82, 2.24) is 4.90 Å². The molecule has 1 aromatic rings. The van der Waals surface area contributed by atoms with Crippen LogP contribution in [-0.2, 0) is 0 Å². The molecule has 0 N–H and O–H groups in total. The maximum Gasteiger partial charge on any atom is 0.254 e. The van der Waals surface area contributed by atoms with Crippen molar-refractivity contribution in [2.75, 3.05) is 14.2 Å². The van der Waals surface area contributed by atoms with E-state index in [1.807, 2.05) is 18.0 Å². The van der Waals surface area contributed by atoms with E-state index in [0.717, 1.165) is 23.1 Å². The molecule has 1 aliphatic rings. The van der Waals surface area contributed by atoms with E-state index in [-0.39, 0.29) is 5.91 Å². The van der Waals surface area contributed by atoms with E-state index in [1.165, 1.54) is 0 Å². The van der Waals surface area contributed by atoms with Gasteiger partial charge in [-0.2, -0.15) is 0 Å². The van der Waals surface area contributed by atoms with Gasteiger partial charge in [0.1, 0.15) is 5.75 Å². The number of halogens is 1. The largest absolute Gasteiger partial charge is 0.497 e. The van der Waals surface area contributed by atoms with Gasteiger partial charge in [0.05, 0.1) is 12.7 Å². The van der Waals surface area contributed by atoms with Gasteiger partial charge in [0.15, 0.2) is 0 Å². The van der Waals surface area contributed by atoms with E-state index >= 15 is 0 Å². The van der Waals surface area contributed by atoms with Crippen LogP contribution in [0.25, 0.3) is 0 Å². The Morgan fingerprint density at radius 1 is 1.50 bits per heavy atom. The summed E-state index contributed by atoms with van der Waals surface area (Å²) in [5.41, 5.74) is 0.690. The second-order valence-corrected chi connectivity index (χ2v) is 4.85. The molecule has 0 aliphatic heterocycles. The first-order valence-electron chi connectivity index (χ1n) is 5.24. The highest BCUT2D eigenvalue weighted by molar-refractivity contribution is 9.10. The van der Waals surface area contributed by atoms with Gasteiger partial charge >= 0.3 is 0 Å². The Morgan fingerprint density at radius 3 is 2.69 bits per heavy atom. The van der Waals surface area contributed by atoms with Gasteiger partial charge in [-0.3, -0.25) is 4.79 Å². The molecule has 16 heavy (non-hydrogen) atoms. The Kier molecular flexibility index (Phi) is 3.19. The first-order chi connectivity index (χ1) is 7.63. The summed E-state index contributed by atoms with van der Waals surface area (Å²) in [7, 11) is 3.47. The van der Waals surface area contributed by atoms with Gasteiger partial charge in [-0.15, -0.1) is 0 Å². The zero-order valence-corrected chi connectivity index (χ0v) is 11.0. The molecule has 0 radical (unpaired) electrons. The van der Waals surface area contributed by atoms with Crippen LogP contribution in [0.3, 0.4) is 0 Å². The summed E-state index contributed by atoms with van der Waals surface area (Å²) in [6.07, 6.45) is 2.24. The summed E-state index contributed by atoms with van der Waals surface area (Å²) >= 11 is 3.40. The van der Waals surface area contributed by atoms with E-state index in [4.69, 9.17) is 4.74 Å². The minimum absolute atomic E-state index is 0.0667. The fourth-order valence-corrected chi connectivity index (χ4v) is 2.14. The average molecular weight is 284 g/mol. The third kappa shape index (κ3) is 2.21. The van der Waals surface area contributed by atoms with E-state index < -0.39 is 0 Å². The molecule has 2 rings (SSSR count). The molecule has 86 valence electrons. The van der Waals surface area contributed by atoms with Gasteiger partial charge < -0.3 is 9.64 Å². The highest BCUT2D eigenvalue weighted by Gasteiger charge is 2.30. The van der Waals surface area contributed by atoms with Crippen LogP contribution in [0.5, 0.6) is 5.75 Å². The van der Waals surface area contributed by atoms with Crippen molar-refractivity contribution in [2.45, 2.75) is 18.9 Å². The number of ether oxygens (including phenoxy) is 1. The van der Waals surface area contributed by atoms with Crippen molar-refractivity contribution in [3.63, 3.8) is 0 Å². The number of hydrogen-bond acceptors (Lipinski definition) is 2. The van der Waals surface area contributed by atoms with Gasteiger partial charge in [0, 0.05) is 17.6 Å². The minimum Gasteiger partial charge on any atom is -0.497 e. The third-order valence-corrected chi connectivity index (χ3v) is 3.48. The molecule has 1 fully saturated rings. The minimum atomic E-state index is 0.0667. The lowest BCUT2D eigenvalue weighted by molar-refractivity contribution is 0.0784. The number of amides is 1. The van der Waals surface area contributed by atoms with Gasteiger partial charge in [-0.1, -0.05) is 0 Å². The summed E-state index contributed by atoms with van der Waals surface area (Å²) in [6, 6.07) is 5.85. The van der Waals surface area contributed by atoms with Crippen LogP contribution in [0.2, 0.25) is 0 Å². The Balaban J connectivity index is 2.22. The van der Waals surface area contributed by atoms with Crippen molar-refractivity contribution >= 4 is 21.8 Å². The van der Waals surface area contributed by atoms with Gasteiger partial charge in [0.2, 0.25) is 0 Å². The molecule has 0 spiro atoms. The number of benzene rings is 1. The summed E-state index contributed by atoms with van der Waals surface area (Å²) in [4.78, 5) is 13.9. The van der Waals surface area contributed by atoms with Crippen molar-refractivity contribution in [3.8, 4) is 5.75 Å². The van der Waals surface area contributed by atoms with Crippen LogP contribution in [0.15, 0.2) is 22.7 Å². The predicted octanol–water partition coefficient (Wildman–Crippen LogP) is 2.69. The zero-order chi connectivity index (χ0) is 11.7. The maximum atomic E-state index is 12.1. The number of hydrogen-bond donors (Lipinski definition) is 0.